The standard InChI is InChI=1S/C23H19N3O5/c1-31-21-18(19(27)20(21)28)26-17(23(29)30)12-13-6-8-15(9-7-13)25-22-16-5-3-2-4-14(16)10-11-24-22/h2-11,17,26H,12H2,1H3,(H,24,25)(H,29,30). The molecule has 0 amide bonds. The van der Waals surface area contributed by atoms with E-state index in [0.29, 0.717) is 0 Å². The van der Waals surface area contributed by atoms with Crippen molar-refractivity contribution in [2.24, 2.45) is 0 Å². The lowest BCUT2D eigenvalue weighted by Gasteiger charge is -2.18. The van der Waals surface area contributed by atoms with Crippen molar-refractivity contribution >= 4 is 33.9 Å². The second-order valence-electron chi connectivity index (χ2n) is 7.01. The molecule has 0 aliphatic carbocycles. The van der Waals surface area contributed by atoms with E-state index in [4.69, 9.17) is 4.74 Å². The van der Waals surface area contributed by atoms with Crippen molar-refractivity contribution in [1.29, 1.82) is 0 Å². The van der Waals surface area contributed by atoms with Gasteiger partial charge in [0, 0.05) is 23.7 Å². The van der Waals surface area contributed by atoms with E-state index in [-0.39, 0.29) is 17.9 Å². The van der Waals surface area contributed by atoms with Crippen LogP contribution in [-0.2, 0) is 11.2 Å². The van der Waals surface area contributed by atoms with Gasteiger partial charge in [0.25, 0.3) is 10.9 Å². The maximum Gasteiger partial charge on any atom is 0.326 e. The van der Waals surface area contributed by atoms with E-state index < -0.39 is 22.9 Å². The van der Waals surface area contributed by atoms with Crippen LogP contribution in [0.15, 0.2) is 70.4 Å². The summed E-state index contributed by atoms with van der Waals surface area (Å²) in [6.07, 6.45) is 1.85. The number of methoxy groups -OCH3 is 1. The zero-order valence-corrected chi connectivity index (χ0v) is 16.6. The zero-order chi connectivity index (χ0) is 22.0. The highest BCUT2D eigenvalue weighted by Gasteiger charge is 2.27. The molecule has 3 aromatic carbocycles. The Labute approximate surface area is 176 Å². The molecule has 8 nitrogen and oxygen atoms in total. The van der Waals surface area contributed by atoms with Crippen molar-refractivity contribution in [2.45, 2.75) is 12.5 Å². The molecule has 4 aromatic rings. The van der Waals surface area contributed by atoms with Crippen LogP contribution in [0.3, 0.4) is 0 Å². The summed E-state index contributed by atoms with van der Waals surface area (Å²) in [6.45, 7) is 0. The van der Waals surface area contributed by atoms with Crippen LogP contribution in [0, 0.1) is 0 Å². The highest BCUT2D eigenvalue weighted by molar-refractivity contribution is 5.93. The summed E-state index contributed by atoms with van der Waals surface area (Å²) >= 11 is 0. The minimum absolute atomic E-state index is 0.0970. The van der Waals surface area contributed by atoms with Crippen LogP contribution in [0.1, 0.15) is 5.56 Å². The van der Waals surface area contributed by atoms with Crippen LogP contribution in [0.25, 0.3) is 10.8 Å². The Morgan fingerprint density at radius 3 is 2.52 bits per heavy atom. The second kappa shape index (κ2) is 8.27. The van der Waals surface area contributed by atoms with Gasteiger partial charge in [0.05, 0.1) is 7.11 Å². The summed E-state index contributed by atoms with van der Waals surface area (Å²) in [6, 6.07) is 16.0. The number of hydrogen-bond donors (Lipinski definition) is 3. The van der Waals surface area contributed by atoms with Gasteiger partial charge in [-0.3, -0.25) is 9.59 Å². The number of fused-ring (bicyclic) bond motifs is 1. The van der Waals surface area contributed by atoms with Gasteiger partial charge in [0.15, 0.2) is 5.75 Å². The fourth-order valence-electron chi connectivity index (χ4n) is 3.39. The third-order valence-corrected chi connectivity index (χ3v) is 5.02. The maximum atomic E-state index is 11.7. The molecule has 0 radical (unpaired) electrons. The summed E-state index contributed by atoms with van der Waals surface area (Å²) in [7, 11) is 1.26. The smallest absolute Gasteiger partial charge is 0.326 e. The number of ether oxygens (including phenoxy) is 1. The quantitative estimate of drug-likeness (QED) is 0.375. The first-order valence-electron chi connectivity index (χ1n) is 9.54. The van der Waals surface area contributed by atoms with Gasteiger partial charge < -0.3 is 20.5 Å². The number of nitrogens with zero attached hydrogens (tertiary/aromatic N) is 1. The summed E-state index contributed by atoms with van der Waals surface area (Å²) in [4.78, 5) is 39.2. The lowest BCUT2D eigenvalue weighted by Crippen LogP contribution is -2.41. The van der Waals surface area contributed by atoms with Crippen LogP contribution >= 0.6 is 0 Å². The van der Waals surface area contributed by atoms with Crippen LogP contribution in [0.4, 0.5) is 17.2 Å². The normalized spacial score (nSPS) is 11.9. The van der Waals surface area contributed by atoms with Crippen LogP contribution < -0.4 is 26.2 Å². The van der Waals surface area contributed by atoms with Gasteiger partial charge in [-0.2, -0.15) is 0 Å². The molecule has 3 N–H and O–H groups in total. The summed E-state index contributed by atoms with van der Waals surface area (Å²) < 4.78 is 4.85. The number of aromatic nitrogens is 1. The molecule has 8 heteroatoms. The molecular weight excluding hydrogens is 398 g/mol. The Bertz CT molecular complexity index is 1320. The predicted octanol–water partition coefficient (Wildman–Crippen LogP) is 2.69. The number of carbonyl (C=O) groups is 1. The minimum atomic E-state index is -1.14. The largest absolute Gasteiger partial charge is 0.491 e. The van der Waals surface area contributed by atoms with E-state index in [9.17, 15) is 19.5 Å². The first-order valence-corrected chi connectivity index (χ1v) is 9.54. The molecule has 1 heterocycles. The first kappa shape index (κ1) is 20.1. The second-order valence-corrected chi connectivity index (χ2v) is 7.01. The lowest BCUT2D eigenvalue weighted by molar-refractivity contribution is -0.137. The number of aliphatic carboxylic acids is 1. The molecule has 0 spiro atoms. The Morgan fingerprint density at radius 2 is 1.81 bits per heavy atom. The minimum Gasteiger partial charge on any atom is -0.491 e. The van der Waals surface area contributed by atoms with Crippen molar-refractivity contribution in [1.82, 2.24) is 4.98 Å². The number of carboxylic acids is 1. The Morgan fingerprint density at radius 1 is 1.06 bits per heavy atom. The average Bonchev–Trinajstić information content (AvgIpc) is 2.79. The molecule has 0 saturated carbocycles. The molecule has 1 atom stereocenters. The number of pyridine rings is 1. The van der Waals surface area contributed by atoms with E-state index >= 15 is 0 Å². The fraction of sp³-hybridized carbons (Fsp3) is 0.130. The Kier molecular flexibility index (Phi) is 5.36. The van der Waals surface area contributed by atoms with Crippen molar-refractivity contribution in [2.75, 3.05) is 17.7 Å². The number of benzene rings is 2. The van der Waals surface area contributed by atoms with E-state index in [0.717, 1.165) is 27.8 Å². The van der Waals surface area contributed by atoms with Crippen molar-refractivity contribution in [3.05, 3.63) is 86.8 Å². The molecule has 1 unspecified atom stereocenters. The Hall–Kier alpha value is -4.20. The summed E-state index contributed by atoms with van der Waals surface area (Å²) in [5, 5.41) is 17.5. The van der Waals surface area contributed by atoms with Crippen molar-refractivity contribution in [3.63, 3.8) is 0 Å². The number of anilines is 3. The van der Waals surface area contributed by atoms with Gasteiger partial charge in [0.2, 0.25) is 0 Å². The molecule has 31 heavy (non-hydrogen) atoms. The van der Waals surface area contributed by atoms with Gasteiger partial charge in [-0.15, -0.1) is 0 Å². The molecule has 4 rings (SSSR count). The van der Waals surface area contributed by atoms with Gasteiger partial charge >= 0.3 is 5.97 Å². The fourth-order valence-corrected chi connectivity index (χ4v) is 3.39. The average molecular weight is 417 g/mol. The molecule has 0 bridgehead atoms. The van der Waals surface area contributed by atoms with E-state index in [2.05, 4.69) is 15.6 Å². The molecule has 1 aromatic heterocycles. The Balaban J connectivity index is 1.49. The molecule has 0 aliphatic heterocycles. The van der Waals surface area contributed by atoms with Gasteiger partial charge in [-0.05, 0) is 29.1 Å². The van der Waals surface area contributed by atoms with Crippen molar-refractivity contribution in [3.8, 4) is 5.75 Å². The van der Waals surface area contributed by atoms with Gasteiger partial charge in [-0.25, -0.2) is 9.78 Å². The zero-order valence-electron chi connectivity index (χ0n) is 16.6. The third kappa shape index (κ3) is 3.95. The number of carboxylic acid groups (broad SMARTS) is 1. The number of hydrogen-bond acceptors (Lipinski definition) is 7. The number of nitrogens with one attached hydrogen (secondary N) is 2. The summed E-state index contributed by atoms with van der Waals surface area (Å²) in [5.41, 5.74) is -0.0809. The van der Waals surface area contributed by atoms with Crippen LogP contribution in [-0.4, -0.2) is 29.2 Å². The molecule has 156 valence electrons. The molecular formula is C23H19N3O5. The van der Waals surface area contributed by atoms with E-state index in [1.54, 1.807) is 18.3 Å². The third-order valence-electron chi connectivity index (χ3n) is 5.02. The van der Waals surface area contributed by atoms with Crippen molar-refractivity contribution < 1.29 is 14.6 Å². The predicted molar refractivity (Wildman–Crippen MR) is 118 cm³/mol. The van der Waals surface area contributed by atoms with Gasteiger partial charge in [-0.1, -0.05) is 36.4 Å². The topological polar surface area (TPSA) is 118 Å². The molecule has 0 saturated heterocycles. The van der Waals surface area contributed by atoms with E-state index in [1.807, 2.05) is 42.5 Å². The number of rotatable bonds is 8. The lowest BCUT2D eigenvalue weighted by atomic mass is 10.0. The van der Waals surface area contributed by atoms with Gasteiger partial charge in [0.1, 0.15) is 17.5 Å². The van der Waals surface area contributed by atoms with Crippen LogP contribution in [0.5, 0.6) is 5.75 Å². The molecule has 0 fully saturated rings. The monoisotopic (exact) mass is 417 g/mol. The first-order chi connectivity index (χ1) is 15.0. The SMILES string of the molecule is COc1c(NC(Cc2ccc(Nc3nccc4ccccc34)cc2)C(=O)O)c(=O)c1=O. The molecule has 0 aliphatic rings. The van der Waals surface area contributed by atoms with Crippen LogP contribution in [0.2, 0.25) is 0 Å². The highest BCUT2D eigenvalue weighted by atomic mass is 16.5. The maximum absolute atomic E-state index is 11.7. The van der Waals surface area contributed by atoms with E-state index in [1.165, 1.54) is 7.11 Å². The summed E-state index contributed by atoms with van der Waals surface area (Å²) in [5.74, 6) is -0.557. The highest BCUT2D eigenvalue weighted by Crippen LogP contribution is 2.25.